The summed E-state index contributed by atoms with van der Waals surface area (Å²) in [6, 6.07) is 4.11. The maximum Gasteiger partial charge on any atom is 0.129 e. The summed E-state index contributed by atoms with van der Waals surface area (Å²) in [6.07, 6.45) is 0.275. The van der Waals surface area contributed by atoms with Crippen molar-refractivity contribution in [3.05, 3.63) is 23.4 Å². The number of aromatic nitrogens is 1. The van der Waals surface area contributed by atoms with Gasteiger partial charge in [0, 0.05) is 25.3 Å². The second kappa shape index (κ2) is 4.80. The molecule has 1 fully saturated rings. The summed E-state index contributed by atoms with van der Waals surface area (Å²) >= 11 is 0. The predicted molar refractivity (Wildman–Crippen MR) is 64.5 cm³/mol. The number of nitrogens with zero attached hydrogens (tertiary/aromatic N) is 2. The highest BCUT2D eigenvalue weighted by Crippen LogP contribution is 2.17. The molecule has 1 atom stereocenters. The average Bonchev–Trinajstić information content (AvgIpc) is 2.28. The van der Waals surface area contributed by atoms with Gasteiger partial charge >= 0.3 is 0 Å². The Kier molecular flexibility index (Phi) is 3.41. The third kappa shape index (κ3) is 2.51. The number of pyridine rings is 1. The molecule has 2 heterocycles. The molecule has 0 spiro atoms. The van der Waals surface area contributed by atoms with Gasteiger partial charge in [-0.15, -0.1) is 0 Å². The zero-order chi connectivity index (χ0) is 11.5. The lowest BCUT2D eigenvalue weighted by Crippen LogP contribution is -2.41. The van der Waals surface area contributed by atoms with E-state index in [9.17, 15) is 0 Å². The molecule has 4 heteroatoms. The predicted octanol–water partition coefficient (Wildman–Crippen LogP) is 1.07. The minimum Gasteiger partial charge on any atom is -0.375 e. The van der Waals surface area contributed by atoms with Crippen molar-refractivity contribution in [1.82, 2.24) is 4.98 Å². The second-order valence-electron chi connectivity index (χ2n) is 4.31. The van der Waals surface area contributed by atoms with Crippen molar-refractivity contribution in [2.45, 2.75) is 26.5 Å². The molecule has 2 N–H and O–H groups in total. The first-order chi connectivity index (χ1) is 7.69. The largest absolute Gasteiger partial charge is 0.375 e. The Labute approximate surface area is 96.4 Å². The van der Waals surface area contributed by atoms with Crippen LogP contribution in [0, 0.1) is 6.92 Å². The van der Waals surface area contributed by atoms with Crippen LogP contribution in [0.15, 0.2) is 12.1 Å². The number of hydrogen-bond acceptors (Lipinski definition) is 4. The standard InChI is InChI=1S/C12H19N3O/c1-9-5-11(7-13)6-12(14-9)15-3-4-16-10(2)8-15/h5-6,10H,3-4,7-8,13H2,1-2H3. The topological polar surface area (TPSA) is 51.4 Å². The van der Waals surface area contributed by atoms with E-state index < -0.39 is 0 Å². The lowest BCUT2D eigenvalue weighted by Gasteiger charge is -2.32. The van der Waals surface area contributed by atoms with E-state index in [-0.39, 0.29) is 6.10 Å². The van der Waals surface area contributed by atoms with Gasteiger partial charge in [-0.1, -0.05) is 0 Å². The Morgan fingerprint density at radius 3 is 3.06 bits per heavy atom. The third-order valence-electron chi connectivity index (χ3n) is 2.80. The summed E-state index contributed by atoms with van der Waals surface area (Å²) in [7, 11) is 0. The fourth-order valence-electron chi connectivity index (χ4n) is 2.03. The second-order valence-corrected chi connectivity index (χ2v) is 4.31. The molecule has 1 aromatic rings. The molecule has 0 saturated carbocycles. The maximum absolute atomic E-state index is 5.67. The van der Waals surface area contributed by atoms with Crippen molar-refractivity contribution < 1.29 is 4.74 Å². The number of anilines is 1. The normalized spacial score (nSPS) is 21.2. The molecule has 2 rings (SSSR count). The minimum atomic E-state index is 0.275. The first kappa shape index (κ1) is 11.4. The molecule has 1 aromatic heterocycles. The van der Waals surface area contributed by atoms with Gasteiger partial charge in [-0.3, -0.25) is 0 Å². The van der Waals surface area contributed by atoms with E-state index in [4.69, 9.17) is 10.5 Å². The van der Waals surface area contributed by atoms with Crippen molar-refractivity contribution >= 4 is 5.82 Å². The first-order valence-corrected chi connectivity index (χ1v) is 5.73. The van der Waals surface area contributed by atoms with Gasteiger partial charge in [0.15, 0.2) is 0 Å². The van der Waals surface area contributed by atoms with Crippen LogP contribution in [0.2, 0.25) is 0 Å². The van der Waals surface area contributed by atoms with E-state index in [1.807, 2.05) is 13.0 Å². The summed E-state index contributed by atoms with van der Waals surface area (Å²) in [4.78, 5) is 6.82. The highest BCUT2D eigenvalue weighted by atomic mass is 16.5. The van der Waals surface area contributed by atoms with Crippen LogP contribution in [0.3, 0.4) is 0 Å². The molecule has 0 aliphatic carbocycles. The zero-order valence-corrected chi connectivity index (χ0v) is 9.94. The fourth-order valence-corrected chi connectivity index (χ4v) is 2.03. The first-order valence-electron chi connectivity index (χ1n) is 5.73. The molecule has 16 heavy (non-hydrogen) atoms. The fraction of sp³-hybridized carbons (Fsp3) is 0.583. The average molecular weight is 221 g/mol. The summed E-state index contributed by atoms with van der Waals surface area (Å²) < 4.78 is 5.52. The minimum absolute atomic E-state index is 0.275. The summed E-state index contributed by atoms with van der Waals surface area (Å²) in [5, 5.41) is 0. The summed E-state index contributed by atoms with van der Waals surface area (Å²) in [5.74, 6) is 1.02. The molecule has 4 nitrogen and oxygen atoms in total. The van der Waals surface area contributed by atoms with Crippen LogP contribution in [-0.2, 0) is 11.3 Å². The van der Waals surface area contributed by atoms with Crippen molar-refractivity contribution in [1.29, 1.82) is 0 Å². The van der Waals surface area contributed by atoms with Gasteiger partial charge < -0.3 is 15.4 Å². The third-order valence-corrected chi connectivity index (χ3v) is 2.80. The van der Waals surface area contributed by atoms with E-state index in [1.165, 1.54) is 0 Å². The van der Waals surface area contributed by atoms with Crippen LogP contribution >= 0.6 is 0 Å². The quantitative estimate of drug-likeness (QED) is 0.811. The Balaban J connectivity index is 2.21. The monoisotopic (exact) mass is 221 g/mol. The molecule has 1 aliphatic heterocycles. The Morgan fingerprint density at radius 1 is 1.56 bits per heavy atom. The number of hydrogen-bond donors (Lipinski definition) is 1. The number of morpholine rings is 1. The van der Waals surface area contributed by atoms with Crippen LogP contribution < -0.4 is 10.6 Å². The Hall–Kier alpha value is -1.13. The molecular weight excluding hydrogens is 202 g/mol. The lowest BCUT2D eigenvalue weighted by molar-refractivity contribution is 0.0529. The van der Waals surface area contributed by atoms with Gasteiger partial charge in [-0.2, -0.15) is 0 Å². The van der Waals surface area contributed by atoms with Crippen molar-refractivity contribution in [2.75, 3.05) is 24.6 Å². The van der Waals surface area contributed by atoms with Crippen LogP contribution in [0.5, 0.6) is 0 Å². The molecule has 0 bridgehead atoms. The van der Waals surface area contributed by atoms with E-state index in [0.29, 0.717) is 6.54 Å². The molecular formula is C12H19N3O. The van der Waals surface area contributed by atoms with Gasteiger partial charge in [-0.25, -0.2) is 4.98 Å². The number of rotatable bonds is 2. The van der Waals surface area contributed by atoms with Crippen LogP contribution in [0.25, 0.3) is 0 Å². The van der Waals surface area contributed by atoms with Crippen LogP contribution in [-0.4, -0.2) is 30.8 Å². The summed E-state index contributed by atoms with van der Waals surface area (Å²) in [5.41, 5.74) is 7.84. The van der Waals surface area contributed by atoms with Crippen LogP contribution in [0.4, 0.5) is 5.82 Å². The molecule has 1 unspecified atom stereocenters. The van der Waals surface area contributed by atoms with E-state index in [2.05, 4.69) is 22.9 Å². The van der Waals surface area contributed by atoms with Gasteiger partial charge in [0.2, 0.25) is 0 Å². The SMILES string of the molecule is Cc1cc(CN)cc(N2CCOC(C)C2)n1. The van der Waals surface area contributed by atoms with Crippen molar-refractivity contribution in [2.24, 2.45) is 5.73 Å². The van der Waals surface area contributed by atoms with Gasteiger partial charge in [0.05, 0.1) is 12.7 Å². The van der Waals surface area contributed by atoms with Crippen molar-refractivity contribution in [3.63, 3.8) is 0 Å². The molecule has 0 aromatic carbocycles. The van der Waals surface area contributed by atoms with E-state index in [0.717, 1.165) is 36.8 Å². The molecule has 88 valence electrons. The number of ether oxygens (including phenoxy) is 1. The Bertz CT molecular complexity index is 367. The van der Waals surface area contributed by atoms with E-state index >= 15 is 0 Å². The van der Waals surface area contributed by atoms with Crippen LogP contribution in [0.1, 0.15) is 18.2 Å². The summed E-state index contributed by atoms with van der Waals surface area (Å²) in [6.45, 7) is 7.24. The van der Waals surface area contributed by atoms with Gasteiger partial charge in [-0.05, 0) is 31.5 Å². The zero-order valence-electron chi connectivity index (χ0n) is 9.94. The highest BCUT2D eigenvalue weighted by Gasteiger charge is 2.18. The highest BCUT2D eigenvalue weighted by molar-refractivity contribution is 5.43. The van der Waals surface area contributed by atoms with Gasteiger partial charge in [0.25, 0.3) is 0 Å². The molecule has 0 radical (unpaired) electrons. The number of aryl methyl sites for hydroxylation is 1. The Morgan fingerprint density at radius 2 is 2.38 bits per heavy atom. The van der Waals surface area contributed by atoms with E-state index in [1.54, 1.807) is 0 Å². The molecule has 1 aliphatic rings. The number of nitrogens with two attached hydrogens (primary N) is 1. The molecule has 1 saturated heterocycles. The smallest absolute Gasteiger partial charge is 0.129 e. The molecule has 0 amide bonds. The lowest BCUT2D eigenvalue weighted by atomic mass is 10.2. The maximum atomic E-state index is 5.67. The van der Waals surface area contributed by atoms with Crippen molar-refractivity contribution in [3.8, 4) is 0 Å². The van der Waals surface area contributed by atoms with Gasteiger partial charge in [0.1, 0.15) is 5.82 Å².